The van der Waals surface area contributed by atoms with E-state index < -0.39 is 0 Å². The number of rotatable bonds is 2. The van der Waals surface area contributed by atoms with Gasteiger partial charge in [-0.1, -0.05) is 0 Å². The molecule has 4 N–H and O–H groups in total. The fourth-order valence-corrected chi connectivity index (χ4v) is 0.223. The van der Waals surface area contributed by atoms with Crippen LogP contribution in [0.2, 0.25) is 0 Å². The van der Waals surface area contributed by atoms with E-state index >= 15 is 0 Å². The van der Waals surface area contributed by atoms with Crippen LogP contribution in [0.15, 0.2) is 4.99 Å². The van der Waals surface area contributed by atoms with Gasteiger partial charge in [0.15, 0.2) is 5.96 Å². The van der Waals surface area contributed by atoms with Crippen LogP contribution in [0.1, 0.15) is 0 Å². The van der Waals surface area contributed by atoms with E-state index in [-0.39, 0.29) is 0 Å². The zero-order valence-corrected chi connectivity index (χ0v) is 4.81. The fourth-order valence-electron chi connectivity index (χ4n) is 0.223. The maximum atomic E-state index is 6.56. The Balaban J connectivity index is 3.40. The maximum absolute atomic E-state index is 6.56. The first kappa shape index (κ1) is 6.94. The fraction of sp³-hybridized carbons (Fsp3) is 0.500. The smallest absolute Gasteiger partial charge is 0.188 e. The van der Waals surface area contributed by atoms with E-state index in [9.17, 15) is 0 Å². The minimum absolute atomic E-state index is 0.354. The van der Waals surface area contributed by atoms with E-state index in [4.69, 9.17) is 11.1 Å². The van der Waals surface area contributed by atoms with Gasteiger partial charge in [0, 0.05) is 13.3 Å². The Morgan fingerprint density at radius 1 is 2.00 bits per heavy atom. The predicted octanol–water partition coefficient (Wildman–Crippen LogP) is -0.830. The second-order valence-electron chi connectivity index (χ2n) is 1.18. The van der Waals surface area contributed by atoms with E-state index in [1.165, 1.54) is 6.21 Å². The van der Waals surface area contributed by atoms with Gasteiger partial charge in [0.2, 0.25) is 0 Å². The molecule has 0 saturated carbocycles. The second-order valence-corrected chi connectivity index (χ2v) is 1.18. The van der Waals surface area contributed by atoms with Crippen molar-refractivity contribution in [3.8, 4) is 0 Å². The van der Waals surface area contributed by atoms with Crippen LogP contribution in [-0.4, -0.2) is 25.8 Å². The number of nitrogens with one attached hydrogen (secondary N) is 2. The molecule has 0 radical (unpaired) electrons. The van der Waals surface area contributed by atoms with Crippen molar-refractivity contribution < 1.29 is 0 Å². The van der Waals surface area contributed by atoms with Crippen molar-refractivity contribution in [2.45, 2.75) is 0 Å². The minimum atomic E-state index is 0.354. The lowest BCUT2D eigenvalue weighted by Crippen LogP contribution is -2.27. The van der Waals surface area contributed by atoms with E-state index in [2.05, 4.69) is 10.3 Å². The molecule has 0 rings (SSSR count). The monoisotopic (exact) mass is 114 g/mol. The van der Waals surface area contributed by atoms with Gasteiger partial charge in [-0.15, -0.1) is 0 Å². The van der Waals surface area contributed by atoms with Crippen LogP contribution in [-0.2, 0) is 0 Å². The summed E-state index contributed by atoms with van der Waals surface area (Å²) in [5, 5.41) is 9.18. The quantitative estimate of drug-likeness (QED) is 0.324. The number of hydrogen-bond acceptors (Lipinski definition) is 2. The molecule has 0 aromatic rings. The molecule has 0 aromatic carbocycles. The minimum Gasteiger partial charge on any atom is -0.370 e. The third kappa shape index (κ3) is 3.14. The zero-order valence-electron chi connectivity index (χ0n) is 4.81. The van der Waals surface area contributed by atoms with Gasteiger partial charge in [-0.3, -0.25) is 0 Å². The SMILES string of the molecule is CN/C(N)=N\CC=N. The van der Waals surface area contributed by atoms with E-state index in [1.807, 2.05) is 0 Å². The summed E-state index contributed by atoms with van der Waals surface area (Å²) in [6.45, 7) is 0.354. The molecule has 4 nitrogen and oxygen atoms in total. The first-order valence-electron chi connectivity index (χ1n) is 2.28. The molecule has 4 heteroatoms. The topological polar surface area (TPSA) is 74.3 Å². The van der Waals surface area contributed by atoms with Gasteiger partial charge in [-0.25, -0.2) is 4.99 Å². The van der Waals surface area contributed by atoms with Crippen LogP contribution in [0.4, 0.5) is 0 Å². The Hall–Kier alpha value is -1.06. The van der Waals surface area contributed by atoms with Gasteiger partial charge in [0.1, 0.15) is 0 Å². The first-order chi connectivity index (χ1) is 3.81. The van der Waals surface area contributed by atoms with Crippen molar-refractivity contribution in [1.82, 2.24) is 5.32 Å². The Labute approximate surface area is 48.3 Å². The number of nitrogens with two attached hydrogens (primary N) is 1. The third-order valence-corrected chi connectivity index (χ3v) is 0.609. The molecule has 0 amide bonds. The van der Waals surface area contributed by atoms with E-state index in [1.54, 1.807) is 7.05 Å². The molecule has 0 unspecified atom stereocenters. The van der Waals surface area contributed by atoms with Crippen LogP contribution < -0.4 is 11.1 Å². The van der Waals surface area contributed by atoms with Crippen LogP contribution in [0, 0.1) is 5.41 Å². The molecule has 0 atom stereocenters. The first-order valence-corrected chi connectivity index (χ1v) is 2.28. The molecule has 0 heterocycles. The molecule has 46 valence electrons. The molecule has 0 spiro atoms. The average molecular weight is 114 g/mol. The molecule has 8 heavy (non-hydrogen) atoms. The summed E-state index contributed by atoms with van der Waals surface area (Å²) < 4.78 is 0. The van der Waals surface area contributed by atoms with Crippen LogP contribution in [0.5, 0.6) is 0 Å². The number of hydrogen-bond donors (Lipinski definition) is 3. The highest BCUT2D eigenvalue weighted by Crippen LogP contribution is 1.60. The number of guanidine groups is 1. The van der Waals surface area contributed by atoms with Gasteiger partial charge >= 0.3 is 0 Å². The Morgan fingerprint density at radius 2 is 2.62 bits per heavy atom. The maximum Gasteiger partial charge on any atom is 0.188 e. The highest BCUT2D eigenvalue weighted by Gasteiger charge is 1.77. The third-order valence-electron chi connectivity index (χ3n) is 0.609. The van der Waals surface area contributed by atoms with Crippen LogP contribution >= 0.6 is 0 Å². The average Bonchev–Trinajstić information content (AvgIpc) is 1.83. The van der Waals surface area contributed by atoms with E-state index in [0.29, 0.717) is 12.5 Å². The highest BCUT2D eigenvalue weighted by molar-refractivity contribution is 5.78. The molecule has 0 aliphatic rings. The summed E-state index contributed by atoms with van der Waals surface area (Å²) >= 11 is 0. The second kappa shape index (κ2) is 4.11. The molecule has 0 fully saturated rings. The van der Waals surface area contributed by atoms with Gasteiger partial charge in [-0.05, 0) is 0 Å². The predicted molar refractivity (Wildman–Crippen MR) is 34.3 cm³/mol. The summed E-state index contributed by atoms with van der Waals surface area (Å²) in [6.07, 6.45) is 1.18. The zero-order chi connectivity index (χ0) is 6.41. The number of aliphatic imine (C=N–C) groups is 1. The Kier molecular flexibility index (Phi) is 3.56. The molecule has 0 aliphatic heterocycles. The van der Waals surface area contributed by atoms with Crippen molar-refractivity contribution in [1.29, 1.82) is 5.41 Å². The molecule has 0 aromatic heterocycles. The van der Waals surface area contributed by atoms with Crippen molar-refractivity contribution >= 4 is 12.2 Å². The van der Waals surface area contributed by atoms with Crippen molar-refractivity contribution in [2.75, 3.05) is 13.6 Å². The lowest BCUT2D eigenvalue weighted by atomic mass is 10.7. The Bertz CT molecular complexity index is 96.2. The summed E-state index contributed by atoms with van der Waals surface area (Å²) in [5.74, 6) is 0.369. The van der Waals surface area contributed by atoms with Gasteiger partial charge in [0.05, 0.1) is 6.54 Å². The lowest BCUT2D eigenvalue weighted by molar-refractivity contribution is 1.11. The van der Waals surface area contributed by atoms with E-state index in [0.717, 1.165) is 0 Å². The van der Waals surface area contributed by atoms with Gasteiger partial charge in [0.25, 0.3) is 0 Å². The molecule has 0 bridgehead atoms. The van der Waals surface area contributed by atoms with Gasteiger partial charge < -0.3 is 16.5 Å². The molecule has 0 saturated heterocycles. The standard InChI is InChI=1S/C4H10N4/c1-7-4(6)8-3-2-5/h2,5H,3H2,1H3,(H3,6,7,8). The summed E-state index contributed by atoms with van der Waals surface area (Å²) in [7, 11) is 1.68. The molecular weight excluding hydrogens is 104 g/mol. The van der Waals surface area contributed by atoms with Crippen LogP contribution in [0.3, 0.4) is 0 Å². The van der Waals surface area contributed by atoms with Crippen LogP contribution in [0.25, 0.3) is 0 Å². The summed E-state index contributed by atoms with van der Waals surface area (Å²) in [4.78, 5) is 3.70. The summed E-state index contributed by atoms with van der Waals surface area (Å²) in [6, 6.07) is 0. The van der Waals surface area contributed by atoms with Crippen molar-refractivity contribution in [2.24, 2.45) is 10.7 Å². The lowest BCUT2D eigenvalue weighted by Gasteiger charge is -1.93. The largest absolute Gasteiger partial charge is 0.370 e. The van der Waals surface area contributed by atoms with Gasteiger partial charge in [-0.2, -0.15) is 0 Å². The highest BCUT2D eigenvalue weighted by atomic mass is 15.1. The number of nitrogens with zero attached hydrogens (tertiary/aromatic N) is 1. The molecular formula is C4H10N4. The summed E-state index contributed by atoms with van der Waals surface area (Å²) in [5.41, 5.74) is 5.19. The van der Waals surface area contributed by atoms with Crippen molar-refractivity contribution in [3.05, 3.63) is 0 Å². The molecule has 0 aliphatic carbocycles. The Morgan fingerprint density at radius 3 is 3.00 bits per heavy atom. The normalized spacial score (nSPS) is 10.9. The van der Waals surface area contributed by atoms with Crippen molar-refractivity contribution in [3.63, 3.8) is 0 Å².